The summed E-state index contributed by atoms with van der Waals surface area (Å²) >= 11 is 3.65. The monoisotopic (exact) mass is 355 g/mol. The zero-order chi connectivity index (χ0) is 14.8. The Balaban J connectivity index is 1.80. The van der Waals surface area contributed by atoms with Gasteiger partial charge >= 0.3 is 0 Å². The van der Waals surface area contributed by atoms with Crippen molar-refractivity contribution in [1.82, 2.24) is 5.32 Å². The molecule has 0 bridgehead atoms. The van der Waals surface area contributed by atoms with Crippen molar-refractivity contribution in [1.29, 1.82) is 0 Å². The molecule has 5 heteroatoms. The van der Waals surface area contributed by atoms with Gasteiger partial charge in [0.15, 0.2) is 11.5 Å². The summed E-state index contributed by atoms with van der Waals surface area (Å²) in [5.41, 5.74) is 1.15. The summed E-state index contributed by atoms with van der Waals surface area (Å²) in [6.07, 6.45) is 3.85. The molecule has 1 aromatic carbocycles. The van der Waals surface area contributed by atoms with Crippen molar-refractivity contribution >= 4 is 15.9 Å². The van der Waals surface area contributed by atoms with Crippen molar-refractivity contribution in [2.75, 3.05) is 27.4 Å². The number of benzene rings is 1. The minimum Gasteiger partial charge on any atom is -0.493 e. The lowest BCUT2D eigenvalue weighted by molar-refractivity contribution is 0.0896. The largest absolute Gasteiger partial charge is 0.493 e. The van der Waals surface area contributed by atoms with Gasteiger partial charge < -0.3 is 19.5 Å². The van der Waals surface area contributed by atoms with Gasteiger partial charge in [0.05, 0.1) is 20.3 Å². The number of nitrogens with one attached hydrogen (secondary N) is 1. The standard InChI is InChI=1S/C16H22BrNO3/c1-19-14-7-12(13(17)8-15(14)20-2)16-10(5-6-21-16)9-18-11-3-4-11/h7-8,10-11,16,18H,3-6,9H2,1-2H3. The zero-order valence-electron chi connectivity index (χ0n) is 12.5. The van der Waals surface area contributed by atoms with E-state index < -0.39 is 0 Å². The summed E-state index contributed by atoms with van der Waals surface area (Å²) < 4.78 is 17.8. The molecule has 116 valence electrons. The number of methoxy groups -OCH3 is 2. The molecule has 0 spiro atoms. The number of hydrogen-bond donors (Lipinski definition) is 1. The van der Waals surface area contributed by atoms with E-state index in [1.807, 2.05) is 12.1 Å². The third kappa shape index (κ3) is 3.35. The highest BCUT2D eigenvalue weighted by molar-refractivity contribution is 9.10. The fourth-order valence-corrected chi connectivity index (χ4v) is 3.43. The average Bonchev–Trinajstić information content (AvgIpc) is 3.22. The summed E-state index contributed by atoms with van der Waals surface area (Å²) in [4.78, 5) is 0. The van der Waals surface area contributed by atoms with Crippen molar-refractivity contribution < 1.29 is 14.2 Å². The molecule has 3 rings (SSSR count). The maximum Gasteiger partial charge on any atom is 0.161 e. The van der Waals surface area contributed by atoms with Crippen LogP contribution in [0.15, 0.2) is 16.6 Å². The number of halogens is 1. The minimum atomic E-state index is 0.116. The van der Waals surface area contributed by atoms with Gasteiger partial charge in [0, 0.05) is 29.6 Å². The molecule has 0 radical (unpaired) electrons. The van der Waals surface area contributed by atoms with E-state index in [9.17, 15) is 0 Å². The van der Waals surface area contributed by atoms with Gasteiger partial charge in [-0.1, -0.05) is 15.9 Å². The molecular formula is C16H22BrNO3. The van der Waals surface area contributed by atoms with Gasteiger partial charge in [-0.2, -0.15) is 0 Å². The van der Waals surface area contributed by atoms with Crippen LogP contribution in [-0.2, 0) is 4.74 Å². The molecule has 0 aromatic heterocycles. The van der Waals surface area contributed by atoms with E-state index >= 15 is 0 Å². The van der Waals surface area contributed by atoms with Crippen LogP contribution in [0.2, 0.25) is 0 Å². The van der Waals surface area contributed by atoms with E-state index in [0.717, 1.165) is 47.1 Å². The molecule has 1 saturated heterocycles. The van der Waals surface area contributed by atoms with E-state index in [2.05, 4.69) is 21.2 Å². The predicted molar refractivity (Wildman–Crippen MR) is 85.1 cm³/mol. The normalized spacial score (nSPS) is 25.1. The highest BCUT2D eigenvalue weighted by atomic mass is 79.9. The fourth-order valence-electron chi connectivity index (χ4n) is 2.88. The molecular weight excluding hydrogens is 334 g/mol. The first-order valence-electron chi connectivity index (χ1n) is 7.49. The maximum atomic E-state index is 5.99. The van der Waals surface area contributed by atoms with Crippen molar-refractivity contribution in [3.63, 3.8) is 0 Å². The lowest BCUT2D eigenvalue weighted by Gasteiger charge is -2.22. The summed E-state index contributed by atoms with van der Waals surface area (Å²) in [6, 6.07) is 4.73. The molecule has 2 aliphatic rings. The maximum absolute atomic E-state index is 5.99. The highest BCUT2D eigenvalue weighted by Crippen LogP contribution is 2.42. The lowest BCUT2D eigenvalue weighted by atomic mass is 9.95. The van der Waals surface area contributed by atoms with E-state index in [0.29, 0.717) is 5.92 Å². The van der Waals surface area contributed by atoms with Crippen molar-refractivity contribution in [3.8, 4) is 11.5 Å². The Bertz CT molecular complexity index is 505. The Morgan fingerprint density at radius 3 is 2.57 bits per heavy atom. The second-order valence-electron chi connectivity index (χ2n) is 5.75. The van der Waals surface area contributed by atoms with Crippen LogP contribution in [0.5, 0.6) is 11.5 Å². The third-order valence-electron chi connectivity index (χ3n) is 4.27. The quantitative estimate of drug-likeness (QED) is 0.849. The van der Waals surface area contributed by atoms with Crippen molar-refractivity contribution in [2.24, 2.45) is 5.92 Å². The van der Waals surface area contributed by atoms with Gasteiger partial charge in [0.2, 0.25) is 0 Å². The SMILES string of the molecule is COc1cc(Br)c(C2OCCC2CNC2CC2)cc1OC. The molecule has 1 aromatic rings. The molecule has 1 N–H and O–H groups in total. The summed E-state index contributed by atoms with van der Waals surface area (Å²) in [7, 11) is 3.32. The van der Waals surface area contributed by atoms with Crippen LogP contribution < -0.4 is 14.8 Å². The molecule has 0 amide bonds. The van der Waals surface area contributed by atoms with Crippen LogP contribution in [0.1, 0.15) is 30.9 Å². The molecule has 2 fully saturated rings. The van der Waals surface area contributed by atoms with Gasteiger partial charge in [-0.3, -0.25) is 0 Å². The molecule has 1 aliphatic heterocycles. The van der Waals surface area contributed by atoms with E-state index in [1.165, 1.54) is 12.8 Å². The molecule has 1 saturated carbocycles. The first kappa shape index (κ1) is 15.1. The Hall–Kier alpha value is -0.780. The Morgan fingerprint density at radius 1 is 1.19 bits per heavy atom. The molecule has 4 nitrogen and oxygen atoms in total. The topological polar surface area (TPSA) is 39.7 Å². The lowest BCUT2D eigenvalue weighted by Crippen LogP contribution is -2.26. The Kier molecular flexibility index (Phi) is 4.72. The molecule has 21 heavy (non-hydrogen) atoms. The van der Waals surface area contributed by atoms with Gasteiger partial charge in [-0.25, -0.2) is 0 Å². The minimum absolute atomic E-state index is 0.116. The van der Waals surface area contributed by atoms with Crippen LogP contribution >= 0.6 is 15.9 Å². The molecule has 1 aliphatic carbocycles. The van der Waals surface area contributed by atoms with Crippen LogP contribution in [0, 0.1) is 5.92 Å². The van der Waals surface area contributed by atoms with Crippen molar-refractivity contribution in [3.05, 3.63) is 22.2 Å². The van der Waals surface area contributed by atoms with Gasteiger partial charge in [-0.05, 0) is 37.0 Å². The number of rotatable bonds is 6. The van der Waals surface area contributed by atoms with Crippen LogP contribution in [0.4, 0.5) is 0 Å². The number of hydrogen-bond acceptors (Lipinski definition) is 4. The fraction of sp³-hybridized carbons (Fsp3) is 0.625. The first-order valence-corrected chi connectivity index (χ1v) is 8.28. The Morgan fingerprint density at radius 2 is 1.90 bits per heavy atom. The van der Waals surface area contributed by atoms with E-state index in [-0.39, 0.29) is 6.10 Å². The second kappa shape index (κ2) is 6.55. The second-order valence-corrected chi connectivity index (χ2v) is 6.61. The van der Waals surface area contributed by atoms with Crippen molar-refractivity contribution in [2.45, 2.75) is 31.4 Å². The highest BCUT2D eigenvalue weighted by Gasteiger charge is 2.33. The van der Waals surface area contributed by atoms with Gasteiger partial charge in [0.1, 0.15) is 0 Å². The van der Waals surface area contributed by atoms with Crippen LogP contribution in [0.25, 0.3) is 0 Å². The molecule has 1 heterocycles. The third-order valence-corrected chi connectivity index (χ3v) is 4.96. The van der Waals surface area contributed by atoms with Crippen LogP contribution in [-0.4, -0.2) is 33.4 Å². The molecule has 2 atom stereocenters. The Labute approximate surface area is 134 Å². The first-order chi connectivity index (χ1) is 10.2. The summed E-state index contributed by atoms with van der Waals surface area (Å²) in [5.74, 6) is 2.00. The van der Waals surface area contributed by atoms with Crippen LogP contribution in [0.3, 0.4) is 0 Å². The van der Waals surface area contributed by atoms with Gasteiger partial charge in [-0.15, -0.1) is 0 Å². The average molecular weight is 356 g/mol. The zero-order valence-corrected chi connectivity index (χ0v) is 14.1. The smallest absolute Gasteiger partial charge is 0.161 e. The van der Waals surface area contributed by atoms with E-state index in [1.54, 1.807) is 14.2 Å². The predicted octanol–water partition coefficient (Wildman–Crippen LogP) is 3.30. The summed E-state index contributed by atoms with van der Waals surface area (Å²) in [6.45, 7) is 1.85. The number of ether oxygens (including phenoxy) is 3. The van der Waals surface area contributed by atoms with E-state index in [4.69, 9.17) is 14.2 Å². The van der Waals surface area contributed by atoms with Gasteiger partial charge in [0.25, 0.3) is 0 Å². The summed E-state index contributed by atoms with van der Waals surface area (Å²) in [5, 5.41) is 3.62. The molecule has 2 unspecified atom stereocenters.